The Morgan fingerprint density at radius 3 is 2.64 bits per heavy atom. The number of amides is 1. The summed E-state index contributed by atoms with van der Waals surface area (Å²) in [5, 5.41) is 10.0. The Balaban J connectivity index is 1.50. The second-order valence-electron chi connectivity index (χ2n) is 9.09. The number of rotatable bonds is 7. The molecule has 3 aromatic carbocycles. The van der Waals surface area contributed by atoms with Gasteiger partial charge in [0.05, 0.1) is 11.6 Å². The molecule has 36 heavy (non-hydrogen) atoms. The summed E-state index contributed by atoms with van der Waals surface area (Å²) >= 11 is 6.39. The number of halogens is 2. The molecular weight excluding hydrogens is 481 g/mol. The number of allylic oxidation sites excluding steroid dienone is 1. The van der Waals surface area contributed by atoms with Gasteiger partial charge in [-0.3, -0.25) is 4.79 Å². The molecule has 1 heterocycles. The van der Waals surface area contributed by atoms with Crippen LogP contribution in [-0.2, 0) is 11.4 Å². The molecule has 1 unspecified atom stereocenters. The minimum atomic E-state index is -1.03. The molecule has 7 heteroatoms. The number of anilines is 1. The number of carboxylic acids is 1. The lowest BCUT2D eigenvalue weighted by atomic mass is 9.95. The van der Waals surface area contributed by atoms with Crippen molar-refractivity contribution in [3.8, 4) is 5.75 Å². The number of ether oxygens (including phenoxy) is 1. The van der Waals surface area contributed by atoms with E-state index in [4.69, 9.17) is 16.3 Å². The van der Waals surface area contributed by atoms with E-state index in [1.165, 1.54) is 18.2 Å². The lowest BCUT2D eigenvalue weighted by Crippen LogP contribution is -2.34. The van der Waals surface area contributed by atoms with Gasteiger partial charge >= 0.3 is 5.97 Å². The summed E-state index contributed by atoms with van der Waals surface area (Å²) in [7, 11) is 0. The van der Waals surface area contributed by atoms with Crippen molar-refractivity contribution in [3.05, 3.63) is 99.8 Å². The van der Waals surface area contributed by atoms with Gasteiger partial charge in [0.25, 0.3) is 0 Å². The van der Waals surface area contributed by atoms with Gasteiger partial charge in [-0.2, -0.15) is 0 Å². The maximum absolute atomic E-state index is 13.3. The average molecular weight is 506 g/mol. The van der Waals surface area contributed by atoms with E-state index in [0.29, 0.717) is 29.3 Å². The first-order valence-electron chi connectivity index (χ1n) is 11.9. The molecule has 1 atom stereocenters. The van der Waals surface area contributed by atoms with Crippen molar-refractivity contribution in [2.75, 3.05) is 4.90 Å². The van der Waals surface area contributed by atoms with E-state index in [0.717, 1.165) is 41.5 Å². The molecule has 5 nitrogen and oxygen atoms in total. The zero-order chi connectivity index (χ0) is 25.2. The monoisotopic (exact) mass is 505 g/mol. The van der Waals surface area contributed by atoms with E-state index < -0.39 is 5.97 Å². The van der Waals surface area contributed by atoms with Crippen molar-refractivity contribution < 1.29 is 23.8 Å². The Kier molecular flexibility index (Phi) is 6.79. The lowest BCUT2D eigenvalue weighted by molar-refractivity contribution is -0.117. The molecule has 0 radical (unpaired) electrons. The van der Waals surface area contributed by atoms with Crippen LogP contribution in [0.25, 0.3) is 5.57 Å². The molecule has 5 rings (SSSR count). The normalized spacial score (nSPS) is 17.7. The second-order valence-corrected chi connectivity index (χ2v) is 9.52. The van der Waals surface area contributed by atoms with Gasteiger partial charge in [0, 0.05) is 22.7 Å². The van der Waals surface area contributed by atoms with Crippen LogP contribution >= 0.6 is 11.6 Å². The van der Waals surface area contributed by atoms with Crippen molar-refractivity contribution in [1.82, 2.24) is 0 Å². The largest absolute Gasteiger partial charge is 0.488 e. The highest BCUT2D eigenvalue weighted by Gasteiger charge is 2.37. The fourth-order valence-electron chi connectivity index (χ4n) is 5.17. The van der Waals surface area contributed by atoms with E-state index >= 15 is 0 Å². The van der Waals surface area contributed by atoms with Crippen LogP contribution in [0, 0.1) is 5.82 Å². The molecule has 1 fully saturated rings. The number of nitrogens with zero attached hydrogens (tertiary/aromatic N) is 1. The summed E-state index contributed by atoms with van der Waals surface area (Å²) in [6, 6.07) is 18.1. The molecule has 3 aromatic rings. The maximum Gasteiger partial charge on any atom is 0.335 e. The van der Waals surface area contributed by atoms with Crippen molar-refractivity contribution >= 4 is 34.7 Å². The number of carbonyl (C=O) groups is 2. The molecule has 0 spiro atoms. The van der Waals surface area contributed by atoms with Crippen LogP contribution < -0.4 is 9.64 Å². The number of carbonyl (C=O) groups excluding carboxylic acids is 1. The SMILES string of the molecule is O=C(O)c1cccc(N2C(=O)CCC2C2=C(c3cc(Cl)ccc3OCc3ccc(F)cc3)CCC2)c1. The zero-order valence-electron chi connectivity index (χ0n) is 19.5. The van der Waals surface area contributed by atoms with Gasteiger partial charge in [0.15, 0.2) is 0 Å². The highest BCUT2D eigenvalue weighted by molar-refractivity contribution is 6.30. The molecule has 2 aliphatic rings. The van der Waals surface area contributed by atoms with Crippen molar-refractivity contribution in [2.45, 2.75) is 44.8 Å². The smallest absolute Gasteiger partial charge is 0.335 e. The zero-order valence-corrected chi connectivity index (χ0v) is 20.3. The maximum atomic E-state index is 13.3. The first-order chi connectivity index (χ1) is 17.4. The minimum Gasteiger partial charge on any atom is -0.488 e. The molecule has 0 aromatic heterocycles. The minimum absolute atomic E-state index is 0.0137. The Labute approximate surface area is 213 Å². The van der Waals surface area contributed by atoms with Gasteiger partial charge in [0.2, 0.25) is 5.91 Å². The summed E-state index contributed by atoms with van der Waals surface area (Å²) in [5.74, 6) is -0.652. The Hall–Kier alpha value is -3.64. The summed E-state index contributed by atoms with van der Waals surface area (Å²) in [4.78, 5) is 26.2. The van der Waals surface area contributed by atoms with Crippen LogP contribution in [0.5, 0.6) is 5.75 Å². The Bertz CT molecular complexity index is 1350. The quantitative estimate of drug-likeness (QED) is 0.379. The second kappa shape index (κ2) is 10.2. The predicted molar refractivity (Wildman–Crippen MR) is 137 cm³/mol. The Morgan fingerprint density at radius 2 is 1.86 bits per heavy atom. The van der Waals surface area contributed by atoms with E-state index in [1.807, 2.05) is 12.1 Å². The molecular formula is C29H25ClFNO4. The van der Waals surface area contributed by atoms with Crippen molar-refractivity contribution in [3.63, 3.8) is 0 Å². The van der Waals surface area contributed by atoms with Crippen LogP contribution in [0.3, 0.4) is 0 Å². The molecule has 1 amide bonds. The molecule has 0 saturated carbocycles. The molecule has 1 saturated heterocycles. The molecule has 1 aliphatic carbocycles. The summed E-state index contributed by atoms with van der Waals surface area (Å²) in [5.41, 5.74) is 4.78. The van der Waals surface area contributed by atoms with Crippen LogP contribution in [0.2, 0.25) is 5.02 Å². The van der Waals surface area contributed by atoms with Crippen LogP contribution in [0.15, 0.2) is 72.3 Å². The number of hydrogen-bond donors (Lipinski definition) is 1. The third-order valence-electron chi connectivity index (χ3n) is 6.82. The number of hydrogen-bond acceptors (Lipinski definition) is 3. The third-order valence-corrected chi connectivity index (χ3v) is 7.06. The average Bonchev–Trinajstić information content (AvgIpc) is 3.50. The first-order valence-corrected chi connectivity index (χ1v) is 12.3. The van der Waals surface area contributed by atoms with Crippen molar-refractivity contribution in [2.24, 2.45) is 0 Å². The number of aromatic carboxylic acids is 1. The van der Waals surface area contributed by atoms with Gasteiger partial charge < -0.3 is 14.7 Å². The van der Waals surface area contributed by atoms with Gasteiger partial charge in [-0.25, -0.2) is 9.18 Å². The van der Waals surface area contributed by atoms with E-state index in [2.05, 4.69) is 0 Å². The third kappa shape index (κ3) is 4.86. The summed E-state index contributed by atoms with van der Waals surface area (Å²) in [6.45, 7) is 0.285. The summed E-state index contributed by atoms with van der Waals surface area (Å²) in [6.07, 6.45) is 3.69. The fraction of sp³-hybridized carbons (Fsp3) is 0.241. The summed E-state index contributed by atoms with van der Waals surface area (Å²) < 4.78 is 19.4. The van der Waals surface area contributed by atoms with E-state index in [1.54, 1.807) is 41.3 Å². The van der Waals surface area contributed by atoms with Gasteiger partial charge in [-0.05, 0) is 90.9 Å². The molecule has 1 aliphatic heterocycles. The highest BCUT2D eigenvalue weighted by atomic mass is 35.5. The molecule has 1 N–H and O–H groups in total. The Morgan fingerprint density at radius 1 is 1.06 bits per heavy atom. The van der Waals surface area contributed by atoms with Crippen molar-refractivity contribution in [1.29, 1.82) is 0 Å². The molecule has 184 valence electrons. The van der Waals surface area contributed by atoms with Gasteiger partial charge in [-0.15, -0.1) is 0 Å². The number of benzene rings is 3. The first kappa shape index (κ1) is 24.1. The number of carboxylic acid groups (broad SMARTS) is 1. The molecule has 0 bridgehead atoms. The topological polar surface area (TPSA) is 66.8 Å². The lowest BCUT2D eigenvalue weighted by Gasteiger charge is -2.28. The fourth-order valence-corrected chi connectivity index (χ4v) is 5.35. The predicted octanol–water partition coefficient (Wildman–Crippen LogP) is 6.89. The van der Waals surface area contributed by atoms with Crippen LogP contribution in [-0.4, -0.2) is 23.0 Å². The van der Waals surface area contributed by atoms with E-state index in [-0.39, 0.29) is 29.9 Å². The highest BCUT2D eigenvalue weighted by Crippen LogP contribution is 2.45. The standard InChI is InChI=1S/C29H25ClFNO4/c30-20-9-13-27(36-17-18-7-10-21(31)11-8-18)25(16-20)23-5-2-6-24(23)26-12-14-28(33)32(26)22-4-1-3-19(15-22)29(34)35/h1,3-4,7-11,13,15-16,26H,2,5-6,12,14,17H2,(H,34,35). The van der Waals surface area contributed by atoms with E-state index in [9.17, 15) is 19.1 Å². The van der Waals surface area contributed by atoms with Gasteiger partial charge in [-0.1, -0.05) is 29.8 Å². The van der Waals surface area contributed by atoms with Gasteiger partial charge in [0.1, 0.15) is 18.2 Å². The van der Waals surface area contributed by atoms with Crippen LogP contribution in [0.1, 0.15) is 53.6 Å². The van der Waals surface area contributed by atoms with Crippen LogP contribution in [0.4, 0.5) is 10.1 Å².